The van der Waals surface area contributed by atoms with Gasteiger partial charge in [-0.2, -0.15) is 0 Å². The van der Waals surface area contributed by atoms with Crippen molar-refractivity contribution in [2.45, 2.75) is 26.2 Å². The van der Waals surface area contributed by atoms with E-state index in [1.54, 1.807) is 13.2 Å². The lowest BCUT2D eigenvalue weighted by Crippen LogP contribution is -2.29. The first-order valence-electron chi connectivity index (χ1n) is 8.23. The molecule has 1 saturated heterocycles. The third-order valence-electron chi connectivity index (χ3n) is 3.69. The highest BCUT2D eigenvalue weighted by atomic mass is 32.2. The van der Waals surface area contributed by atoms with Crippen LogP contribution in [-0.4, -0.2) is 41.4 Å². The number of amides is 1. The molecule has 0 bridgehead atoms. The molecule has 0 radical (unpaired) electrons. The maximum atomic E-state index is 12.6. The number of carboxylic acids is 1. The number of thiocarbonyl (C=S) groups is 1. The number of unbranched alkanes of at least 4 members (excludes halogenated alkanes) is 1. The highest BCUT2D eigenvalue weighted by molar-refractivity contribution is 8.26. The molecule has 0 unspecified atom stereocenters. The Morgan fingerprint density at radius 3 is 2.81 bits per heavy atom. The first-order chi connectivity index (χ1) is 12.5. The molecule has 1 aromatic carbocycles. The van der Waals surface area contributed by atoms with Crippen LogP contribution in [0, 0.1) is 0 Å². The van der Waals surface area contributed by atoms with Crippen molar-refractivity contribution in [3.05, 3.63) is 28.7 Å². The van der Waals surface area contributed by atoms with E-state index in [0.29, 0.717) is 46.7 Å². The first-order valence-corrected chi connectivity index (χ1v) is 9.45. The number of para-hydroxylation sites is 1. The Balaban J connectivity index is 2.14. The Morgan fingerprint density at radius 2 is 2.15 bits per heavy atom. The van der Waals surface area contributed by atoms with Crippen LogP contribution in [0.5, 0.6) is 11.5 Å². The zero-order chi connectivity index (χ0) is 19.1. The zero-order valence-electron chi connectivity index (χ0n) is 14.6. The Morgan fingerprint density at radius 1 is 1.38 bits per heavy atom. The fourth-order valence-electron chi connectivity index (χ4n) is 2.51. The minimum Gasteiger partial charge on any atom is -0.550 e. The van der Waals surface area contributed by atoms with E-state index in [1.165, 1.54) is 16.7 Å². The lowest BCUT2D eigenvalue weighted by molar-refractivity contribution is -0.305. The van der Waals surface area contributed by atoms with Crippen molar-refractivity contribution in [2.24, 2.45) is 0 Å². The Hall–Kier alpha value is -2.06. The molecule has 1 heterocycles. The van der Waals surface area contributed by atoms with Crippen LogP contribution >= 0.6 is 24.0 Å². The van der Waals surface area contributed by atoms with Crippen LogP contribution in [0.15, 0.2) is 23.1 Å². The van der Waals surface area contributed by atoms with Gasteiger partial charge in [0.05, 0.1) is 18.6 Å². The second-order valence-electron chi connectivity index (χ2n) is 5.47. The van der Waals surface area contributed by atoms with Crippen LogP contribution in [0.3, 0.4) is 0 Å². The molecule has 8 heteroatoms. The van der Waals surface area contributed by atoms with E-state index in [2.05, 4.69) is 0 Å². The smallest absolute Gasteiger partial charge is 0.266 e. The quantitative estimate of drug-likeness (QED) is 0.361. The average molecular weight is 394 g/mol. The number of carboxylic acid groups (broad SMARTS) is 1. The first kappa shape index (κ1) is 20.3. The molecule has 0 aromatic heterocycles. The molecule has 26 heavy (non-hydrogen) atoms. The molecular weight excluding hydrogens is 374 g/mol. The van der Waals surface area contributed by atoms with Crippen LogP contribution in [0.1, 0.15) is 31.7 Å². The van der Waals surface area contributed by atoms with Crippen LogP contribution < -0.4 is 14.6 Å². The van der Waals surface area contributed by atoms with Crippen molar-refractivity contribution >= 4 is 46.3 Å². The summed E-state index contributed by atoms with van der Waals surface area (Å²) in [6.07, 6.45) is 2.72. The number of carbonyl (C=O) groups is 2. The number of ether oxygens (including phenoxy) is 2. The summed E-state index contributed by atoms with van der Waals surface area (Å²) in [5.41, 5.74) is 0.732. The van der Waals surface area contributed by atoms with E-state index < -0.39 is 5.97 Å². The van der Waals surface area contributed by atoms with Crippen molar-refractivity contribution in [1.82, 2.24) is 4.90 Å². The van der Waals surface area contributed by atoms with Crippen molar-refractivity contribution in [1.29, 1.82) is 0 Å². The van der Waals surface area contributed by atoms with Gasteiger partial charge in [0.2, 0.25) is 0 Å². The molecule has 1 aromatic rings. The van der Waals surface area contributed by atoms with Crippen LogP contribution in [-0.2, 0) is 9.59 Å². The number of rotatable bonds is 9. The molecule has 0 spiro atoms. The molecule has 1 fully saturated rings. The Labute approximate surface area is 162 Å². The second-order valence-corrected chi connectivity index (χ2v) is 7.15. The van der Waals surface area contributed by atoms with E-state index in [1.807, 2.05) is 25.1 Å². The molecule has 0 N–H and O–H groups in total. The second kappa shape index (κ2) is 9.59. The van der Waals surface area contributed by atoms with E-state index in [-0.39, 0.29) is 12.3 Å². The van der Waals surface area contributed by atoms with Gasteiger partial charge in [-0.3, -0.25) is 9.69 Å². The van der Waals surface area contributed by atoms with Gasteiger partial charge in [-0.05, 0) is 38.3 Å². The molecule has 1 amide bonds. The monoisotopic (exact) mass is 394 g/mol. The number of hydrogen-bond acceptors (Lipinski definition) is 7. The van der Waals surface area contributed by atoms with Gasteiger partial charge in [0.25, 0.3) is 5.91 Å². The van der Waals surface area contributed by atoms with E-state index in [9.17, 15) is 14.7 Å². The number of thioether (sulfide) groups is 1. The summed E-state index contributed by atoms with van der Waals surface area (Å²) in [4.78, 5) is 25.1. The van der Waals surface area contributed by atoms with Gasteiger partial charge in [-0.15, -0.1) is 0 Å². The van der Waals surface area contributed by atoms with Crippen molar-refractivity contribution in [2.75, 3.05) is 20.3 Å². The van der Waals surface area contributed by atoms with Gasteiger partial charge in [0.1, 0.15) is 4.32 Å². The number of aliphatic carboxylic acids is 1. The predicted molar refractivity (Wildman–Crippen MR) is 103 cm³/mol. The van der Waals surface area contributed by atoms with Gasteiger partial charge in [0, 0.05) is 18.1 Å². The highest BCUT2D eigenvalue weighted by Gasteiger charge is 2.31. The summed E-state index contributed by atoms with van der Waals surface area (Å²) in [7, 11) is 1.55. The van der Waals surface area contributed by atoms with Crippen LogP contribution in [0.25, 0.3) is 6.08 Å². The summed E-state index contributed by atoms with van der Waals surface area (Å²) in [6.45, 7) is 2.79. The lowest BCUT2D eigenvalue weighted by Gasteiger charge is -2.14. The fourth-order valence-corrected chi connectivity index (χ4v) is 3.81. The lowest BCUT2D eigenvalue weighted by atomic mass is 10.1. The minimum absolute atomic E-state index is 0.0218. The Bertz CT molecular complexity index is 732. The fraction of sp³-hybridized carbons (Fsp3) is 0.389. The van der Waals surface area contributed by atoms with Crippen LogP contribution in [0.2, 0.25) is 0 Å². The number of carbonyl (C=O) groups excluding carboxylic acids is 2. The van der Waals surface area contributed by atoms with Gasteiger partial charge in [-0.1, -0.05) is 36.1 Å². The molecule has 1 aliphatic heterocycles. The standard InChI is InChI=1S/C18H21NO5S2/c1-3-24-13-8-6-7-12(16(13)23-2)11-14-17(22)19(18(25)26-14)10-5-4-9-15(20)21/h6-8,11H,3-5,9-10H2,1-2H3,(H,20,21)/p-1/b14-11-. The maximum absolute atomic E-state index is 12.6. The molecule has 0 saturated carbocycles. The summed E-state index contributed by atoms with van der Waals surface area (Å²) >= 11 is 6.51. The summed E-state index contributed by atoms with van der Waals surface area (Å²) in [5, 5.41) is 10.5. The summed E-state index contributed by atoms with van der Waals surface area (Å²) < 4.78 is 11.5. The zero-order valence-corrected chi connectivity index (χ0v) is 16.3. The van der Waals surface area contributed by atoms with Gasteiger partial charge >= 0.3 is 0 Å². The third-order valence-corrected chi connectivity index (χ3v) is 5.06. The molecular formula is C18H20NO5S2-. The number of methoxy groups -OCH3 is 1. The molecule has 140 valence electrons. The number of hydrogen-bond donors (Lipinski definition) is 0. The molecule has 1 aliphatic rings. The highest BCUT2D eigenvalue weighted by Crippen LogP contribution is 2.37. The minimum atomic E-state index is -1.09. The van der Waals surface area contributed by atoms with Crippen LogP contribution in [0.4, 0.5) is 0 Å². The molecule has 6 nitrogen and oxygen atoms in total. The average Bonchev–Trinajstić information content (AvgIpc) is 2.86. The maximum Gasteiger partial charge on any atom is 0.266 e. The number of nitrogens with zero attached hydrogens (tertiary/aromatic N) is 1. The number of benzene rings is 1. The molecule has 0 aliphatic carbocycles. The molecule has 0 atom stereocenters. The summed E-state index contributed by atoms with van der Waals surface area (Å²) in [6, 6.07) is 5.48. The van der Waals surface area contributed by atoms with E-state index in [4.69, 9.17) is 21.7 Å². The van der Waals surface area contributed by atoms with Crippen molar-refractivity contribution in [3.63, 3.8) is 0 Å². The van der Waals surface area contributed by atoms with Crippen molar-refractivity contribution < 1.29 is 24.2 Å². The predicted octanol–water partition coefficient (Wildman–Crippen LogP) is 2.22. The normalized spacial score (nSPS) is 15.6. The van der Waals surface area contributed by atoms with E-state index >= 15 is 0 Å². The van der Waals surface area contributed by atoms with Crippen molar-refractivity contribution in [3.8, 4) is 11.5 Å². The van der Waals surface area contributed by atoms with E-state index in [0.717, 1.165) is 5.56 Å². The summed E-state index contributed by atoms with van der Waals surface area (Å²) in [5.74, 6) is -0.0936. The van der Waals surface area contributed by atoms with Gasteiger partial charge in [-0.25, -0.2) is 0 Å². The van der Waals surface area contributed by atoms with Gasteiger partial charge in [0.15, 0.2) is 11.5 Å². The largest absolute Gasteiger partial charge is 0.550 e. The SMILES string of the molecule is CCOc1cccc(/C=C2\SC(=S)N(CCCCC(=O)[O-])C2=O)c1OC. The van der Waals surface area contributed by atoms with Gasteiger partial charge < -0.3 is 19.4 Å². The molecule has 2 rings (SSSR count). The topological polar surface area (TPSA) is 78.9 Å². The third kappa shape index (κ3) is 4.98. The Kier molecular flexibility index (Phi) is 7.47.